The molecule has 1 amide bonds. The normalized spacial score (nSPS) is 14.0. The second kappa shape index (κ2) is 8.26. The first-order chi connectivity index (χ1) is 15.0. The number of anilines is 1. The summed E-state index contributed by atoms with van der Waals surface area (Å²) >= 11 is 0. The Balaban J connectivity index is 1.55. The van der Waals surface area contributed by atoms with E-state index in [-0.39, 0.29) is 12.6 Å². The van der Waals surface area contributed by atoms with Gasteiger partial charge < -0.3 is 14.0 Å². The molecule has 0 saturated heterocycles. The topological polar surface area (TPSA) is 90.7 Å². The fourth-order valence-electron chi connectivity index (χ4n) is 3.72. The van der Waals surface area contributed by atoms with Crippen LogP contribution < -0.4 is 5.32 Å². The zero-order valence-corrected chi connectivity index (χ0v) is 17.7. The minimum atomic E-state index is -0.549. The molecule has 0 radical (unpaired) electrons. The zero-order chi connectivity index (χ0) is 22.0. The average molecular weight is 420 g/mol. The quantitative estimate of drug-likeness (QED) is 0.559. The van der Waals surface area contributed by atoms with Crippen molar-refractivity contribution < 1.29 is 23.6 Å². The van der Waals surface area contributed by atoms with E-state index >= 15 is 0 Å². The molecule has 31 heavy (non-hydrogen) atoms. The van der Waals surface area contributed by atoms with E-state index in [0.717, 1.165) is 35.1 Å². The third-order valence-electron chi connectivity index (χ3n) is 5.62. The van der Waals surface area contributed by atoms with Crippen LogP contribution in [0.15, 0.2) is 53.1 Å². The molecule has 0 aliphatic heterocycles. The summed E-state index contributed by atoms with van der Waals surface area (Å²) in [6.45, 7) is 3.75. The molecule has 4 rings (SSSR count). The number of esters is 1. The van der Waals surface area contributed by atoms with E-state index in [1.165, 1.54) is 7.11 Å². The lowest BCUT2D eigenvalue weighted by Gasteiger charge is -2.13. The van der Waals surface area contributed by atoms with Crippen LogP contribution in [-0.2, 0) is 19.7 Å². The van der Waals surface area contributed by atoms with Gasteiger partial charge >= 0.3 is 12.1 Å². The molecule has 1 N–H and O–H groups in total. The molecule has 0 spiro atoms. The van der Waals surface area contributed by atoms with Crippen molar-refractivity contribution >= 4 is 17.7 Å². The second-order valence-corrected chi connectivity index (χ2v) is 7.54. The maximum absolute atomic E-state index is 12.1. The molecule has 1 aliphatic carbocycles. The Bertz CT molecular complexity index is 1100. The number of aromatic nitrogens is 1. The van der Waals surface area contributed by atoms with Crippen molar-refractivity contribution in [2.75, 3.05) is 19.0 Å². The van der Waals surface area contributed by atoms with Crippen LogP contribution in [0.2, 0.25) is 0 Å². The van der Waals surface area contributed by atoms with Crippen molar-refractivity contribution in [3.63, 3.8) is 0 Å². The van der Waals surface area contributed by atoms with Gasteiger partial charge in [0, 0.05) is 5.56 Å². The van der Waals surface area contributed by atoms with Gasteiger partial charge in [-0.25, -0.2) is 4.79 Å². The van der Waals surface area contributed by atoms with Crippen molar-refractivity contribution in [2.24, 2.45) is 0 Å². The Kier molecular flexibility index (Phi) is 5.50. The fraction of sp³-hybridized carbons (Fsp3) is 0.292. The molecule has 2 aromatic carbocycles. The van der Waals surface area contributed by atoms with Gasteiger partial charge in [-0.1, -0.05) is 53.7 Å². The SMILES string of the molecule is CCOC(=O)Nc1c(-c2ccc(-c3ccc(C4(C(=O)OC)CC4)cc3)cc2)noc1C. The van der Waals surface area contributed by atoms with Crippen molar-refractivity contribution in [2.45, 2.75) is 32.1 Å². The molecule has 0 unspecified atom stereocenters. The standard InChI is InChI=1S/C24H24N2O5/c1-4-30-23(28)25-20-15(2)31-26-21(20)18-7-5-16(6-8-18)17-9-11-19(12-10-17)24(13-14-24)22(27)29-3/h5-12H,4,13-14H2,1-3H3,(H,25,28). The lowest BCUT2D eigenvalue weighted by molar-refractivity contribution is -0.143. The van der Waals surface area contributed by atoms with E-state index in [0.29, 0.717) is 17.1 Å². The number of hydrogen-bond acceptors (Lipinski definition) is 6. The van der Waals surface area contributed by atoms with E-state index in [9.17, 15) is 9.59 Å². The van der Waals surface area contributed by atoms with Crippen LogP contribution in [0.5, 0.6) is 0 Å². The number of nitrogens with zero attached hydrogens (tertiary/aromatic N) is 1. The lowest BCUT2D eigenvalue weighted by atomic mass is 9.93. The lowest BCUT2D eigenvalue weighted by Crippen LogP contribution is -2.21. The maximum Gasteiger partial charge on any atom is 0.411 e. The van der Waals surface area contributed by atoms with E-state index < -0.39 is 11.5 Å². The van der Waals surface area contributed by atoms with Gasteiger partial charge in [-0.3, -0.25) is 10.1 Å². The minimum absolute atomic E-state index is 0.167. The number of hydrogen-bond donors (Lipinski definition) is 1. The first-order valence-electron chi connectivity index (χ1n) is 10.2. The summed E-state index contributed by atoms with van der Waals surface area (Å²) < 4.78 is 15.2. The van der Waals surface area contributed by atoms with Gasteiger partial charge in [-0.05, 0) is 43.4 Å². The molecule has 7 heteroatoms. The number of methoxy groups -OCH3 is 1. The third kappa shape index (κ3) is 3.91. The zero-order valence-electron chi connectivity index (χ0n) is 17.7. The average Bonchev–Trinajstić information content (AvgIpc) is 3.53. The summed E-state index contributed by atoms with van der Waals surface area (Å²) in [5.41, 5.74) is 4.44. The van der Waals surface area contributed by atoms with Crippen LogP contribution >= 0.6 is 0 Å². The summed E-state index contributed by atoms with van der Waals surface area (Å²) in [7, 11) is 1.43. The van der Waals surface area contributed by atoms with Crippen LogP contribution in [0.3, 0.4) is 0 Å². The molecule has 0 atom stereocenters. The summed E-state index contributed by atoms with van der Waals surface area (Å²) in [4.78, 5) is 23.9. The number of nitrogens with one attached hydrogen (secondary N) is 1. The number of benzene rings is 2. The molecule has 3 aromatic rings. The van der Waals surface area contributed by atoms with Crippen molar-refractivity contribution in [1.29, 1.82) is 0 Å². The molecule has 1 aromatic heterocycles. The highest BCUT2D eigenvalue weighted by Gasteiger charge is 2.52. The largest absolute Gasteiger partial charge is 0.468 e. The number of carbonyl (C=O) groups excluding carboxylic acids is 2. The van der Waals surface area contributed by atoms with Gasteiger partial charge in [0.25, 0.3) is 0 Å². The van der Waals surface area contributed by atoms with Gasteiger partial charge in [0.05, 0.1) is 19.1 Å². The predicted octanol–water partition coefficient (Wildman–Crippen LogP) is 5.09. The second-order valence-electron chi connectivity index (χ2n) is 7.54. The summed E-state index contributed by atoms with van der Waals surface area (Å²) in [6, 6.07) is 15.8. The summed E-state index contributed by atoms with van der Waals surface area (Å²) in [5, 5.41) is 6.77. The summed E-state index contributed by atoms with van der Waals surface area (Å²) in [6.07, 6.45) is 1.10. The first-order valence-corrected chi connectivity index (χ1v) is 10.2. The van der Waals surface area contributed by atoms with E-state index in [2.05, 4.69) is 10.5 Å². The predicted molar refractivity (Wildman–Crippen MR) is 116 cm³/mol. The molecular formula is C24H24N2O5. The Morgan fingerprint density at radius 2 is 1.61 bits per heavy atom. The van der Waals surface area contributed by atoms with Crippen LogP contribution in [0, 0.1) is 6.92 Å². The fourth-order valence-corrected chi connectivity index (χ4v) is 3.72. The van der Waals surface area contributed by atoms with E-state index in [1.54, 1.807) is 13.8 Å². The number of carbonyl (C=O) groups is 2. The molecule has 0 bridgehead atoms. The van der Waals surface area contributed by atoms with Crippen LogP contribution in [0.25, 0.3) is 22.4 Å². The highest BCUT2D eigenvalue weighted by atomic mass is 16.5. The van der Waals surface area contributed by atoms with Crippen LogP contribution in [0.1, 0.15) is 31.1 Å². The molecule has 1 aliphatic rings. The molecule has 1 saturated carbocycles. The Morgan fingerprint density at radius 3 is 2.16 bits per heavy atom. The van der Waals surface area contributed by atoms with Gasteiger partial charge in [-0.2, -0.15) is 0 Å². The van der Waals surface area contributed by atoms with Gasteiger partial charge in [0.1, 0.15) is 11.4 Å². The molecular weight excluding hydrogens is 396 g/mol. The van der Waals surface area contributed by atoms with E-state index in [1.807, 2.05) is 48.5 Å². The van der Waals surface area contributed by atoms with Gasteiger partial charge in [0.2, 0.25) is 0 Å². The number of aryl methyl sites for hydroxylation is 1. The molecule has 160 valence electrons. The van der Waals surface area contributed by atoms with Gasteiger partial charge in [0.15, 0.2) is 5.76 Å². The monoisotopic (exact) mass is 420 g/mol. The Hall–Kier alpha value is -3.61. The maximum atomic E-state index is 12.1. The van der Waals surface area contributed by atoms with Crippen LogP contribution in [0.4, 0.5) is 10.5 Å². The highest BCUT2D eigenvalue weighted by Crippen LogP contribution is 2.49. The van der Waals surface area contributed by atoms with Crippen molar-refractivity contribution in [3.8, 4) is 22.4 Å². The number of rotatable bonds is 6. The first kappa shape index (κ1) is 20.7. The van der Waals surface area contributed by atoms with Gasteiger partial charge in [-0.15, -0.1) is 0 Å². The molecule has 1 fully saturated rings. The summed E-state index contributed by atoms with van der Waals surface area (Å²) in [5.74, 6) is 0.335. The smallest absolute Gasteiger partial charge is 0.411 e. The number of ether oxygens (including phenoxy) is 2. The molecule has 7 nitrogen and oxygen atoms in total. The Labute approximate surface area is 180 Å². The molecule has 1 heterocycles. The minimum Gasteiger partial charge on any atom is -0.468 e. The van der Waals surface area contributed by atoms with Crippen molar-refractivity contribution in [1.82, 2.24) is 5.16 Å². The highest BCUT2D eigenvalue weighted by molar-refractivity contribution is 5.91. The van der Waals surface area contributed by atoms with E-state index in [4.69, 9.17) is 14.0 Å². The third-order valence-corrected chi connectivity index (χ3v) is 5.62. The number of amides is 1. The Morgan fingerprint density at radius 1 is 1.03 bits per heavy atom. The van der Waals surface area contributed by atoms with Crippen LogP contribution in [-0.4, -0.2) is 30.9 Å². The van der Waals surface area contributed by atoms with Crippen molar-refractivity contribution in [3.05, 3.63) is 59.9 Å².